The maximum Gasteiger partial charge on any atom is -0.0348 e. The summed E-state index contributed by atoms with van der Waals surface area (Å²) in [5, 5.41) is 0. The Morgan fingerprint density at radius 2 is 1.35 bits per heavy atom. The number of allylic oxidation sites excluding steroid dienone is 2. The fourth-order valence-electron chi connectivity index (χ4n) is 2.18. The smallest absolute Gasteiger partial charge is 0.0348 e. The predicted molar refractivity (Wildman–Crippen MR) is 80.4 cm³/mol. The van der Waals surface area contributed by atoms with Crippen LogP contribution in [0.5, 0.6) is 0 Å². The van der Waals surface area contributed by atoms with E-state index < -0.39 is 0 Å². The van der Waals surface area contributed by atoms with Gasteiger partial charge in [-0.2, -0.15) is 0 Å². The van der Waals surface area contributed by atoms with Gasteiger partial charge in [0.2, 0.25) is 0 Å². The van der Waals surface area contributed by atoms with Gasteiger partial charge in [-0.1, -0.05) is 84.3 Å². The van der Waals surface area contributed by atoms with Crippen LogP contribution in [0.1, 0.15) is 91.4 Å². The zero-order valence-corrected chi connectivity index (χ0v) is 12.5. The van der Waals surface area contributed by atoms with Crippen LogP contribution < -0.4 is 0 Å². The number of hydrogen-bond acceptors (Lipinski definition) is 0. The summed E-state index contributed by atoms with van der Waals surface area (Å²) in [6.07, 6.45) is 19.9. The maximum atomic E-state index is 2.42. The lowest BCUT2D eigenvalue weighted by molar-refractivity contribution is 0.460. The second kappa shape index (κ2) is 13.8. The topological polar surface area (TPSA) is 0 Å². The Balaban J connectivity index is 3.22. The van der Waals surface area contributed by atoms with Gasteiger partial charge in [-0.15, -0.1) is 0 Å². The Hall–Kier alpha value is -0.260. The molecule has 0 heterocycles. The Bertz CT molecular complexity index is 157. The van der Waals surface area contributed by atoms with E-state index in [1.54, 1.807) is 0 Å². The Labute approximate surface area is 110 Å². The molecule has 0 aromatic heterocycles. The van der Waals surface area contributed by atoms with Gasteiger partial charge < -0.3 is 0 Å². The zero-order chi connectivity index (χ0) is 12.8. The molecule has 1 unspecified atom stereocenters. The van der Waals surface area contributed by atoms with Crippen molar-refractivity contribution in [2.75, 3.05) is 0 Å². The van der Waals surface area contributed by atoms with Gasteiger partial charge in [0, 0.05) is 0 Å². The molecule has 0 radical (unpaired) electrons. The van der Waals surface area contributed by atoms with Crippen molar-refractivity contribution in [3.63, 3.8) is 0 Å². The van der Waals surface area contributed by atoms with Crippen molar-refractivity contribution in [3.8, 4) is 0 Å². The third kappa shape index (κ3) is 13.7. The van der Waals surface area contributed by atoms with Gasteiger partial charge in [0.1, 0.15) is 0 Å². The summed E-state index contributed by atoms with van der Waals surface area (Å²) in [7, 11) is 0. The fourth-order valence-corrected chi connectivity index (χ4v) is 2.18. The summed E-state index contributed by atoms with van der Waals surface area (Å²) in [4.78, 5) is 0. The fraction of sp³-hybridized carbons (Fsp3) is 0.882. The van der Waals surface area contributed by atoms with E-state index in [0.29, 0.717) is 0 Å². The highest BCUT2D eigenvalue weighted by molar-refractivity contribution is 4.81. The summed E-state index contributed by atoms with van der Waals surface area (Å²) >= 11 is 0. The molecule has 0 N–H and O–H groups in total. The van der Waals surface area contributed by atoms with Crippen LogP contribution in [0.2, 0.25) is 0 Å². The van der Waals surface area contributed by atoms with Gasteiger partial charge in [-0.05, 0) is 25.2 Å². The zero-order valence-electron chi connectivity index (χ0n) is 12.5. The average Bonchev–Trinajstić information content (AvgIpc) is 2.33. The largest absolute Gasteiger partial charge is 0.0885 e. The minimum Gasteiger partial charge on any atom is -0.0885 e. The molecule has 0 aliphatic rings. The first-order valence-corrected chi connectivity index (χ1v) is 7.96. The molecule has 0 rings (SSSR count). The summed E-state index contributed by atoms with van der Waals surface area (Å²) in [6, 6.07) is 0. The van der Waals surface area contributed by atoms with Crippen LogP contribution in [-0.2, 0) is 0 Å². The van der Waals surface area contributed by atoms with Crippen molar-refractivity contribution in [1.29, 1.82) is 0 Å². The minimum atomic E-state index is 0.924. The highest BCUT2D eigenvalue weighted by Gasteiger charge is 2.00. The molecule has 0 aromatic carbocycles. The van der Waals surface area contributed by atoms with E-state index in [0.717, 1.165) is 5.92 Å². The van der Waals surface area contributed by atoms with E-state index in [2.05, 4.69) is 32.9 Å². The van der Waals surface area contributed by atoms with Crippen LogP contribution in [0.15, 0.2) is 12.2 Å². The predicted octanol–water partition coefficient (Wildman–Crippen LogP) is 6.51. The van der Waals surface area contributed by atoms with Gasteiger partial charge in [0.05, 0.1) is 0 Å². The minimum absolute atomic E-state index is 0.924. The molecule has 0 amide bonds. The Morgan fingerprint density at radius 1 is 0.706 bits per heavy atom. The number of rotatable bonds is 12. The third-order valence-corrected chi connectivity index (χ3v) is 3.52. The van der Waals surface area contributed by atoms with Crippen molar-refractivity contribution in [2.45, 2.75) is 91.4 Å². The van der Waals surface area contributed by atoms with Crippen molar-refractivity contribution in [2.24, 2.45) is 5.92 Å². The lowest BCUT2D eigenvalue weighted by Crippen LogP contribution is -1.93. The summed E-state index contributed by atoms with van der Waals surface area (Å²) in [5.41, 5.74) is 0. The summed E-state index contributed by atoms with van der Waals surface area (Å²) in [5.74, 6) is 0.924. The van der Waals surface area contributed by atoms with Crippen molar-refractivity contribution in [3.05, 3.63) is 12.2 Å². The van der Waals surface area contributed by atoms with Gasteiger partial charge in [-0.3, -0.25) is 0 Å². The van der Waals surface area contributed by atoms with Gasteiger partial charge >= 0.3 is 0 Å². The molecule has 0 aliphatic carbocycles. The molecular weight excluding hydrogens is 204 g/mol. The highest BCUT2D eigenvalue weighted by atomic mass is 14.1. The molecule has 0 spiro atoms. The van der Waals surface area contributed by atoms with Crippen LogP contribution in [0.4, 0.5) is 0 Å². The Morgan fingerprint density at radius 3 is 2.06 bits per heavy atom. The lowest BCUT2D eigenvalue weighted by Gasteiger charge is -2.09. The summed E-state index contributed by atoms with van der Waals surface area (Å²) < 4.78 is 0. The number of hydrogen-bond donors (Lipinski definition) is 0. The highest BCUT2D eigenvalue weighted by Crippen LogP contribution is 2.16. The molecule has 17 heavy (non-hydrogen) atoms. The van der Waals surface area contributed by atoms with E-state index >= 15 is 0 Å². The lowest BCUT2D eigenvalue weighted by atomic mass is 9.97. The molecule has 0 aliphatic heterocycles. The van der Waals surface area contributed by atoms with Crippen LogP contribution in [0.3, 0.4) is 0 Å². The van der Waals surface area contributed by atoms with Crippen LogP contribution in [-0.4, -0.2) is 0 Å². The van der Waals surface area contributed by atoms with E-state index in [4.69, 9.17) is 0 Å². The maximum absolute atomic E-state index is 2.42. The monoisotopic (exact) mass is 238 g/mol. The standard InChI is InChI=1S/C17H34/c1-4-6-8-10-12-14-16-17(3)15-13-11-9-7-5-2/h10,12,17H,4-9,11,13-16H2,1-3H3/b12-10+. The van der Waals surface area contributed by atoms with Crippen LogP contribution >= 0.6 is 0 Å². The molecule has 0 bridgehead atoms. The number of unbranched alkanes of at least 4 members (excludes halogenated alkanes) is 6. The average molecular weight is 238 g/mol. The van der Waals surface area contributed by atoms with Crippen molar-refractivity contribution >= 4 is 0 Å². The van der Waals surface area contributed by atoms with Gasteiger partial charge in [-0.25, -0.2) is 0 Å². The molecule has 102 valence electrons. The molecule has 0 fully saturated rings. The van der Waals surface area contributed by atoms with Crippen LogP contribution in [0.25, 0.3) is 0 Å². The van der Waals surface area contributed by atoms with Crippen molar-refractivity contribution < 1.29 is 0 Å². The molecule has 1 atom stereocenters. The molecular formula is C17H34. The molecule has 0 saturated heterocycles. The van der Waals surface area contributed by atoms with Gasteiger partial charge in [0.15, 0.2) is 0 Å². The first-order chi connectivity index (χ1) is 8.31. The molecule has 0 aromatic rings. The Kier molecular flexibility index (Phi) is 13.6. The van der Waals surface area contributed by atoms with E-state index in [-0.39, 0.29) is 0 Å². The van der Waals surface area contributed by atoms with E-state index in [1.807, 2.05) is 0 Å². The van der Waals surface area contributed by atoms with E-state index in [1.165, 1.54) is 70.6 Å². The van der Waals surface area contributed by atoms with E-state index in [9.17, 15) is 0 Å². The summed E-state index contributed by atoms with van der Waals surface area (Å²) in [6.45, 7) is 6.96. The normalized spacial score (nSPS) is 13.4. The molecule has 0 saturated carbocycles. The first kappa shape index (κ1) is 16.7. The second-order valence-electron chi connectivity index (χ2n) is 5.50. The molecule has 0 heteroatoms. The third-order valence-electron chi connectivity index (χ3n) is 3.52. The molecule has 0 nitrogen and oxygen atoms in total. The van der Waals surface area contributed by atoms with Crippen molar-refractivity contribution in [1.82, 2.24) is 0 Å². The first-order valence-electron chi connectivity index (χ1n) is 7.96. The van der Waals surface area contributed by atoms with Gasteiger partial charge in [0.25, 0.3) is 0 Å². The second-order valence-corrected chi connectivity index (χ2v) is 5.50. The quantitative estimate of drug-likeness (QED) is 0.268. The SMILES string of the molecule is CCCC/C=C/CCC(C)CCCCCCC. The van der Waals surface area contributed by atoms with Crippen LogP contribution in [0, 0.1) is 5.92 Å².